The molecular weight excluding hydrogens is 286 g/mol. The van der Waals surface area contributed by atoms with Crippen LogP contribution in [0.1, 0.15) is 19.7 Å². The lowest BCUT2D eigenvalue weighted by Crippen LogP contribution is -2.35. The fraction of sp³-hybridized carbons (Fsp3) is 0.500. The summed E-state index contributed by atoms with van der Waals surface area (Å²) < 4.78 is 0. The number of nitrogens with one attached hydrogen (secondary N) is 2. The molecule has 0 unspecified atom stereocenters. The van der Waals surface area contributed by atoms with Crippen LogP contribution in [0.5, 0.6) is 0 Å². The van der Waals surface area contributed by atoms with Crippen molar-refractivity contribution in [1.29, 1.82) is 0 Å². The van der Waals surface area contributed by atoms with Gasteiger partial charge in [-0.2, -0.15) is 0 Å². The maximum Gasteiger partial charge on any atom is 0.234 e. The molecule has 2 rings (SSSR count). The smallest absolute Gasteiger partial charge is 0.234 e. The van der Waals surface area contributed by atoms with Gasteiger partial charge < -0.3 is 10.6 Å². The van der Waals surface area contributed by atoms with Crippen molar-refractivity contribution in [2.75, 3.05) is 32.0 Å². The number of rotatable bonds is 7. The van der Waals surface area contributed by atoms with E-state index in [9.17, 15) is 4.79 Å². The first-order valence-corrected chi connectivity index (χ1v) is 7.95. The summed E-state index contributed by atoms with van der Waals surface area (Å²) >= 11 is 1.60. The number of anilines is 1. The van der Waals surface area contributed by atoms with Crippen LogP contribution < -0.4 is 10.6 Å². The van der Waals surface area contributed by atoms with Gasteiger partial charge in [0.1, 0.15) is 16.5 Å². The Balaban J connectivity index is 2.12. The van der Waals surface area contributed by atoms with Gasteiger partial charge in [-0.15, -0.1) is 11.3 Å². The minimum atomic E-state index is 0.0177. The summed E-state index contributed by atoms with van der Waals surface area (Å²) in [6.45, 7) is 6.31. The van der Waals surface area contributed by atoms with Gasteiger partial charge in [-0.05, 0) is 32.3 Å². The first-order chi connectivity index (χ1) is 10.1. The van der Waals surface area contributed by atoms with E-state index in [0.29, 0.717) is 19.6 Å². The summed E-state index contributed by atoms with van der Waals surface area (Å²) in [5, 5.41) is 9.13. The Hall–Kier alpha value is -1.73. The van der Waals surface area contributed by atoms with Crippen LogP contribution in [0, 0.1) is 0 Å². The molecule has 1 amide bonds. The minimum Gasteiger partial charge on any atom is -0.370 e. The third-order valence-electron chi connectivity index (χ3n) is 2.91. The number of amides is 1. The van der Waals surface area contributed by atoms with Crippen LogP contribution >= 0.6 is 11.3 Å². The van der Waals surface area contributed by atoms with E-state index in [4.69, 9.17) is 0 Å². The molecule has 0 fully saturated rings. The van der Waals surface area contributed by atoms with Gasteiger partial charge in [0.05, 0.1) is 18.5 Å². The fourth-order valence-corrected chi connectivity index (χ4v) is 2.85. The Morgan fingerprint density at radius 3 is 2.86 bits per heavy atom. The number of carbonyl (C=O) groups is 1. The minimum absolute atomic E-state index is 0.0177. The van der Waals surface area contributed by atoms with Crippen molar-refractivity contribution < 1.29 is 4.79 Å². The van der Waals surface area contributed by atoms with Crippen molar-refractivity contribution in [2.45, 2.75) is 20.4 Å². The number of fused-ring (bicyclic) bond motifs is 1. The van der Waals surface area contributed by atoms with Crippen molar-refractivity contribution in [3.63, 3.8) is 0 Å². The van der Waals surface area contributed by atoms with E-state index in [1.165, 1.54) is 0 Å². The normalized spacial score (nSPS) is 11.0. The number of carbonyl (C=O) groups excluding carboxylic acids is 1. The third-order valence-corrected chi connectivity index (χ3v) is 3.72. The standard InChI is InChI=1S/C14H21N5OS/c1-4-15-12(20)9-19(3)8-11-17-13(16-5-2)10-6-7-21-14(10)18-11/h6-7H,4-5,8-9H2,1-3H3,(H,15,20)(H,16,17,18). The Morgan fingerprint density at radius 1 is 1.33 bits per heavy atom. The highest BCUT2D eigenvalue weighted by atomic mass is 32.1. The van der Waals surface area contributed by atoms with Crippen molar-refractivity contribution >= 4 is 33.3 Å². The van der Waals surface area contributed by atoms with E-state index < -0.39 is 0 Å². The van der Waals surface area contributed by atoms with E-state index in [0.717, 1.165) is 28.4 Å². The molecule has 2 aromatic heterocycles. The molecule has 114 valence electrons. The molecule has 7 heteroatoms. The summed E-state index contributed by atoms with van der Waals surface area (Å²) in [6.07, 6.45) is 0. The highest BCUT2D eigenvalue weighted by Gasteiger charge is 2.12. The van der Waals surface area contributed by atoms with Gasteiger partial charge in [0, 0.05) is 13.1 Å². The lowest BCUT2D eigenvalue weighted by molar-refractivity contribution is -0.121. The van der Waals surface area contributed by atoms with E-state index >= 15 is 0 Å². The van der Waals surface area contributed by atoms with Gasteiger partial charge in [0.15, 0.2) is 0 Å². The van der Waals surface area contributed by atoms with Gasteiger partial charge >= 0.3 is 0 Å². The topological polar surface area (TPSA) is 70.2 Å². The van der Waals surface area contributed by atoms with Crippen molar-refractivity contribution in [3.05, 3.63) is 17.3 Å². The zero-order valence-electron chi connectivity index (χ0n) is 12.6. The molecule has 2 N–H and O–H groups in total. The highest BCUT2D eigenvalue weighted by Crippen LogP contribution is 2.25. The largest absolute Gasteiger partial charge is 0.370 e. The number of thiophene rings is 1. The van der Waals surface area contributed by atoms with Crippen LogP contribution in [0.3, 0.4) is 0 Å². The Bertz CT molecular complexity index is 612. The molecule has 6 nitrogen and oxygen atoms in total. The van der Waals surface area contributed by atoms with Gasteiger partial charge in [0.2, 0.25) is 5.91 Å². The monoisotopic (exact) mass is 307 g/mol. The van der Waals surface area contributed by atoms with Gasteiger partial charge in [0.25, 0.3) is 0 Å². The fourth-order valence-electron chi connectivity index (χ4n) is 2.07. The van der Waals surface area contributed by atoms with Crippen LogP contribution in [0.4, 0.5) is 5.82 Å². The highest BCUT2D eigenvalue weighted by molar-refractivity contribution is 7.16. The Morgan fingerprint density at radius 2 is 2.14 bits per heavy atom. The molecule has 21 heavy (non-hydrogen) atoms. The summed E-state index contributed by atoms with van der Waals surface area (Å²) in [5.41, 5.74) is 0. The second-order valence-corrected chi connectivity index (χ2v) is 5.68. The summed E-state index contributed by atoms with van der Waals surface area (Å²) in [6, 6.07) is 2.03. The zero-order chi connectivity index (χ0) is 15.2. The summed E-state index contributed by atoms with van der Waals surface area (Å²) in [7, 11) is 1.89. The number of likely N-dealkylation sites (N-methyl/N-ethyl adjacent to an activating group) is 2. The third kappa shape index (κ3) is 4.12. The second-order valence-electron chi connectivity index (χ2n) is 4.78. The molecule has 0 aromatic carbocycles. The van der Waals surface area contributed by atoms with E-state index in [2.05, 4.69) is 20.6 Å². The predicted molar refractivity (Wildman–Crippen MR) is 86.6 cm³/mol. The molecule has 2 heterocycles. The first-order valence-electron chi connectivity index (χ1n) is 7.07. The average Bonchev–Trinajstić information content (AvgIpc) is 2.87. The molecule has 0 atom stereocenters. The SMILES string of the molecule is CCNC(=O)CN(C)Cc1nc(NCC)c2ccsc2n1. The van der Waals surface area contributed by atoms with E-state index in [1.54, 1.807) is 11.3 Å². The molecule has 2 aromatic rings. The Kier molecular flexibility index (Phi) is 5.46. The van der Waals surface area contributed by atoms with Crippen LogP contribution in [-0.4, -0.2) is 47.5 Å². The van der Waals surface area contributed by atoms with Crippen molar-refractivity contribution in [2.24, 2.45) is 0 Å². The van der Waals surface area contributed by atoms with Gasteiger partial charge in [-0.1, -0.05) is 0 Å². The number of nitrogens with zero attached hydrogens (tertiary/aromatic N) is 3. The molecule has 0 aliphatic carbocycles. The molecule has 0 saturated heterocycles. The summed E-state index contributed by atoms with van der Waals surface area (Å²) in [4.78, 5) is 23.6. The lowest BCUT2D eigenvalue weighted by atomic mass is 10.3. The number of hydrogen-bond donors (Lipinski definition) is 2. The van der Waals surface area contributed by atoms with E-state index in [-0.39, 0.29) is 5.91 Å². The van der Waals surface area contributed by atoms with Crippen LogP contribution in [0.25, 0.3) is 10.2 Å². The molecular formula is C14H21N5OS. The molecule has 0 radical (unpaired) electrons. The molecule has 0 saturated carbocycles. The molecule has 0 aliphatic heterocycles. The zero-order valence-corrected chi connectivity index (χ0v) is 13.5. The molecule has 0 spiro atoms. The maximum atomic E-state index is 11.6. The second kappa shape index (κ2) is 7.33. The van der Waals surface area contributed by atoms with Crippen molar-refractivity contribution in [1.82, 2.24) is 20.2 Å². The quantitative estimate of drug-likeness (QED) is 0.814. The van der Waals surface area contributed by atoms with Gasteiger partial charge in [-0.3, -0.25) is 9.69 Å². The Labute approximate surface area is 128 Å². The molecule has 0 aliphatic rings. The average molecular weight is 307 g/mol. The predicted octanol–water partition coefficient (Wildman–Crippen LogP) is 1.69. The number of hydrogen-bond acceptors (Lipinski definition) is 6. The number of aromatic nitrogens is 2. The first kappa shape index (κ1) is 15.7. The van der Waals surface area contributed by atoms with Crippen LogP contribution in [-0.2, 0) is 11.3 Å². The summed E-state index contributed by atoms with van der Waals surface area (Å²) in [5.74, 6) is 1.61. The lowest BCUT2D eigenvalue weighted by Gasteiger charge is -2.15. The van der Waals surface area contributed by atoms with E-state index in [1.807, 2.05) is 37.2 Å². The van der Waals surface area contributed by atoms with Crippen molar-refractivity contribution in [3.8, 4) is 0 Å². The van der Waals surface area contributed by atoms with Gasteiger partial charge in [-0.25, -0.2) is 9.97 Å². The van der Waals surface area contributed by atoms with Crippen LogP contribution in [0.15, 0.2) is 11.4 Å². The van der Waals surface area contributed by atoms with Crippen LogP contribution in [0.2, 0.25) is 0 Å². The maximum absolute atomic E-state index is 11.6. The molecule has 0 bridgehead atoms.